The number of fused-ring (bicyclic) bond motifs is 8. The van der Waals surface area contributed by atoms with E-state index in [9.17, 15) is 0 Å². The molecule has 0 fully saturated rings. The molecule has 11 aromatic carbocycles. The number of para-hydroxylation sites is 4. The van der Waals surface area contributed by atoms with Gasteiger partial charge in [-0.1, -0.05) is 259 Å². The zero-order valence-electron chi connectivity index (χ0n) is 39.8. The van der Waals surface area contributed by atoms with Crippen LogP contribution < -0.4 is 67.7 Å². The first-order valence-corrected chi connectivity index (χ1v) is 30.8. The van der Waals surface area contributed by atoms with Crippen molar-refractivity contribution in [3.05, 3.63) is 273 Å². The van der Waals surface area contributed by atoms with Crippen molar-refractivity contribution in [3.8, 4) is 0 Å². The van der Waals surface area contributed by atoms with Crippen molar-refractivity contribution in [3.63, 3.8) is 0 Å². The largest absolute Gasteiger partial charge is 0.310 e. The van der Waals surface area contributed by atoms with Crippen LogP contribution in [0.15, 0.2) is 293 Å². The molecular formula is C66H45BN2S2Si2. The summed E-state index contributed by atoms with van der Waals surface area (Å²) < 4.78 is 0. The summed E-state index contributed by atoms with van der Waals surface area (Å²) in [4.78, 5) is 10.5. The SMILES string of the molecule is c1ccc([Si]2(c3ccccc3)c3ccccc3N(c3cccc4c3Sc3cccc5c3B4c3cccc(N4c6ccccc6[Si](c6ccccc6)(c6ccccc6)c6ccccc64)c3S5)c3ccccc32)cc1. The molecule has 4 aliphatic rings. The molecule has 73 heavy (non-hydrogen) atoms. The third-order valence-electron chi connectivity index (χ3n) is 15.9. The van der Waals surface area contributed by atoms with Crippen molar-refractivity contribution in [1.82, 2.24) is 0 Å². The Kier molecular flexibility index (Phi) is 9.92. The first-order chi connectivity index (χ1) is 36.3. The average Bonchev–Trinajstić information content (AvgIpc) is 3.47. The summed E-state index contributed by atoms with van der Waals surface area (Å²) in [5.74, 6) is 0. The van der Waals surface area contributed by atoms with E-state index in [4.69, 9.17) is 0 Å². The predicted molar refractivity (Wildman–Crippen MR) is 316 cm³/mol. The zero-order chi connectivity index (χ0) is 48.1. The smallest absolute Gasteiger partial charge is 0.247 e. The summed E-state index contributed by atoms with van der Waals surface area (Å²) >= 11 is 3.89. The van der Waals surface area contributed by atoms with Gasteiger partial charge in [0.05, 0.1) is 11.4 Å². The van der Waals surface area contributed by atoms with E-state index in [2.05, 4.69) is 283 Å². The zero-order valence-corrected chi connectivity index (χ0v) is 43.4. The van der Waals surface area contributed by atoms with Crippen molar-refractivity contribution >= 4 is 138 Å². The van der Waals surface area contributed by atoms with E-state index >= 15 is 0 Å². The molecule has 0 bridgehead atoms. The second kappa shape index (κ2) is 16.9. The number of hydrogen-bond acceptors (Lipinski definition) is 4. The van der Waals surface area contributed by atoms with Gasteiger partial charge < -0.3 is 9.80 Å². The molecule has 0 spiro atoms. The molecule has 7 heteroatoms. The fourth-order valence-corrected chi connectivity index (χ4v) is 26.0. The Balaban J connectivity index is 0.937. The number of hydrogen-bond donors (Lipinski definition) is 0. The van der Waals surface area contributed by atoms with Gasteiger partial charge in [-0.25, -0.2) is 0 Å². The van der Waals surface area contributed by atoms with Gasteiger partial charge in [0.2, 0.25) is 6.71 Å². The predicted octanol–water partition coefficient (Wildman–Crippen LogP) is 9.45. The minimum atomic E-state index is -2.78. The van der Waals surface area contributed by atoms with Gasteiger partial charge in [0, 0.05) is 42.3 Å². The van der Waals surface area contributed by atoms with Gasteiger partial charge in [-0.2, -0.15) is 0 Å². The minimum Gasteiger partial charge on any atom is -0.310 e. The van der Waals surface area contributed by atoms with Crippen LogP contribution in [0.1, 0.15) is 0 Å². The Hall–Kier alpha value is -7.78. The van der Waals surface area contributed by atoms with Gasteiger partial charge in [-0.15, -0.1) is 0 Å². The van der Waals surface area contributed by atoms with Crippen molar-refractivity contribution in [1.29, 1.82) is 0 Å². The lowest BCUT2D eigenvalue weighted by molar-refractivity contribution is 1.22. The van der Waals surface area contributed by atoms with Crippen molar-refractivity contribution in [2.24, 2.45) is 0 Å². The summed E-state index contributed by atoms with van der Waals surface area (Å²) in [6, 6.07) is 104. The molecule has 2 nitrogen and oxygen atoms in total. The van der Waals surface area contributed by atoms with Crippen molar-refractivity contribution in [2.45, 2.75) is 19.6 Å². The lowest BCUT2D eigenvalue weighted by Crippen LogP contribution is -2.77. The van der Waals surface area contributed by atoms with Crippen molar-refractivity contribution < 1.29 is 0 Å². The van der Waals surface area contributed by atoms with Crippen LogP contribution in [-0.2, 0) is 0 Å². The number of nitrogens with zero attached hydrogens (tertiary/aromatic N) is 2. The molecule has 4 aliphatic heterocycles. The molecule has 0 saturated heterocycles. The van der Waals surface area contributed by atoms with Gasteiger partial charge in [-0.3, -0.25) is 0 Å². The Morgan fingerprint density at radius 1 is 0.260 bits per heavy atom. The van der Waals surface area contributed by atoms with E-state index in [1.54, 1.807) is 0 Å². The van der Waals surface area contributed by atoms with Gasteiger partial charge in [0.1, 0.15) is 0 Å². The maximum absolute atomic E-state index is 2.78. The molecule has 0 unspecified atom stereocenters. The highest BCUT2D eigenvalue weighted by Gasteiger charge is 2.51. The monoisotopic (exact) mass is 996 g/mol. The quantitative estimate of drug-likeness (QED) is 0.153. The van der Waals surface area contributed by atoms with E-state index in [1.165, 1.54) is 112 Å². The fourth-order valence-electron chi connectivity index (χ4n) is 13.1. The van der Waals surface area contributed by atoms with E-state index in [0.29, 0.717) is 0 Å². The first kappa shape index (κ1) is 42.9. The molecule has 4 heterocycles. The highest BCUT2D eigenvalue weighted by molar-refractivity contribution is 8.01. The molecule has 0 atom stereocenters. The highest BCUT2D eigenvalue weighted by Crippen LogP contribution is 2.49. The molecule has 0 N–H and O–H groups in total. The number of anilines is 6. The topological polar surface area (TPSA) is 6.48 Å². The van der Waals surface area contributed by atoms with Crippen molar-refractivity contribution in [2.75, 3.05) is 9.80 Å². The number of rotatable bonds is 6. The summed E-state index contributed by atoms with van der Waals surface area (Å²) in [6.45, 7) is 0.0355. The third-order valence-corrected chi connectivity index (χ3v) is 28.1. The molecule has 342 valence electrons. The van der Waals surface area contributed by atoms with Crippen LogP contribution in [0.25, 0.3) is 0 Å². The fraction of sp³-hybridized carbons (Fsp3) is 0. The van der Waals surface area contributed by atoms with Crippen LogP contribution in [0.4, 0.5) is 34.1 Å². The molecule has 0 saturated carbocycles. The van der Waals surface area contributed by atoms with E-state index in [-0.39, 0.29) is 6.71 Å². The van der Waals surface area contributed by atoms with Crippen LogP contribution >= 0.6 is 23.5 Å². The molecular weight excluding hydrogens is 952 g/mol. The lowest BCUT2D eigenvalue weighted by atomic mass is 9.36. The van der Waals surface area contributed by atoms with Crippen LogP contribution in [0.3, 0.4) is 0 Å². The Labute approximate surface area is 437 Å². The maximum atomic E-state index is 2.61. The van der Waals surface area contributed by atoms with Gasteiger partial charge in [-0.05, 0) is 95.5 Å². The van der Waals surface area contributed by atoms with Gasteiger partial charge >= 0.3 is 0 Å². The molecule has 0 amide bonds. The molecule has 11 aromatic rings. The van der Waals surface area contributed by atoms with Crippen LogP contribution in [-0.4, -0.2) is 22.9 Å². The Bertz CT molecular complexity index is 3540. The van der Waals surface area contributed by atoms with Crippen LogP contribution in [0.5, 0.6) is 0 Å². The average molecular weight is 997 g/mol. The summed E-state index contributed by atoms with van der Waals surface area (Å²) in [5, 5.41) is 11.2. The van der Waals surface area contributed by atoms with Crippen LogP contribution in [0, 0.1) is 0 Å². The molecule has 0 aromatic heterocycles. The second-order valence-corrected chi connectivity index (χ2v) is 29.0. The maximum Gasteiger partial charge on any atom is 0.247 e. The molecule has 0 radical (unpaired) electrons. The second-order valence-electron chi connectivity index (χ2n) is 19.4. The van der Waals surface area contributed by atoms with Crippen LogP contribution in [0.2, 0.25) is 0 Å². The molecule has 0 aliphatic carbocycles. The lowest BCUT2D eigenvalue weighted by Gasteiger charge is -2.46. The first-order valence-electron chi connectivity index (χ1n) is 25.2. The summed E-state index contributed by atoms with van der Waals surface area (Å²) in [5.41, 5.74) is 11.6. The van der Waals surface area contributed by atoms with E-state index in [0.717, 1.165) is 0 Å². The summed E-state index contributed by atoms with van der Waals surface area (Å²) in [6.07, 6.45) is 0. The number of benzene rings is 11. The Morgan fingerprint density at radius 3 is 0.863 bits per heavy atom. The Morgan fingerprint density at radius 2 is 0.534 bits per heavy atom. The minimum absolute atomic E-state index is 0.0355. The van der Waals surface area contributed by atoms with E-state index < -0.39 is 16.1 Å². The molecule has 15 rings (SSSR count). The van der Waals surface area contributed by atoms with Gasteiger partial charge in [0.15, 0.2) is 16.1 Å². The third kappa shape index (κ3) is 6.08. The summed E-state index contributed by atoms with van der Waals surface area (Å²) in [7, 11) is -5.57. The van der Waals surface area contributed by atoms with E-state index in [1.807, 2.05) is 23.5 Å². The highest BCUT2D eigenvalue weighted by atomic mass is 32.2. The van der Waals surface area contributed by atoms with Gasteiger partial charge in [0.25, 0.3) is 0 Å². The normalized spacial score (nSPS) is 14.9. The standard InChI is InChI=1S/C66H45BN2S2Si2/c1-5-24-46(25-6-1)72(47-26-7-2-8-27-47)60-42-17-13-34-52(60)68(53-35-14-18-43-61(53)72)56-38-21-32-50-65(56)70-58-40-23-41-59-64(58)67(50)51-33-22-39-57(66(51)71-59)69-54-36-15-19-44-62(54)73(48-28-9-3-10-29-48,49-30-11-4-12-31-49)63-45-20-16-37-55(63)69/h1-45H.